The number of allylic oxidation sites excluding steroid dienone is 1. The van der Waals surface area contributed by atoms with Gasteiger partial charge in [-0.25, -0.2) is 4.98 Å². The van der Waals surface area contributed by atoms with Gasteiger partial charge in [0.05, 0.1) is 6.26 Å². The minimum atomic E-state index is 0.329. The maximum Gasteiger partial charge on any atom is 0.110 e. The van der Waals surface area contributed by atoms with E-state index in [1.165, 1.54) is 9.88 Å². The Morgan fingerprint density at radius 2 is 2.56 bits per heavy atom. The van der Waals surface area contributed by atoms with Crippen molar-refractivity contribution >= 4 is 11.3 Å². The van der Waals surface area contributed by atoms with Gasteiger partial charge in [0.15, 0.2) is 0 Å². The topological polar surface area (TPSA) is 34.2 Å². The predicted octanol–water partition coefficient (Wildman–Crippen LogP) is 2.49. The van der Waals surface area contributed by atoms with Crippen LogP contribution in [-0.4, -0.2) is 17.6 Å². The summed E-state index contributed by atoms with van der Waals surface area (Å²) in [6.07, 6.45) is 9.51. The minimum absolute atomic E-state index is 0.329. The first-order valence-electron chi connectivity index (χ1n) is 5.83. The average molecular weight is 238 g/mol. The van der Waals surface area contributed by atoms with Crippen molar-refractivity contribution in [2.75, 3.05) is 6.54 Å². The van der Waals surface area contributed by atoms with E-state index in [1.807, 2.05) is 12.5 Å². The van der Waals surface area contributed by atoms with Crippen LogP contribution in [0, 0.1) is 0 Å². The number of hydrogen-bond donors (Lipinski definition) is 1. The maximum atomic E-state index is 5.48. The van der Waals surface area contributed by atoms with Gasteiger partial charge in [-0.05, 0) is 25.3 Å². The van der Waals surface area contributed by atoms with Crippen molar-refractivity contribution in [2.24, 2.45) is 0 Å². The van der Waals surface area contributed by atoms with Gasteiger partial charge in [-0.3, -0.25) is 0 Å². The first-order chi connectivity index (χ1) is 7.88. The van der Waals surface area contributed by atoms with Crippen molar-refractivity contribution in [1.82, 2.24) is 10.3 Å². The summed E-state index contributed by atoms with van der Waals surface area (Å²) in [6.45, 7) is 3.92. The first kappa shape index (κ1) is 11.6. The molecule has 0 radical (unpaired) electrons. The summed E-state index contributed by atoms with van der Waals surface area (Å²) in [6, 6.07) is 0. The summed E-state index contributed by atoms with van der Waals surface area (Å²) < 4.78 is 5.48. The zero-order valence-electron chi connectivity index (χ0n) is 9.61. The molecule has 0 aliphatic carbocycles. The molecular weight excluding hydrogens is 220 g/mol. The molecule has 0 saturated heterocycles. The van der Waals surface area contributed by atoms with Gasteiger partial charge in [-0.15, -0.1) is 11.3 Å². The Labute approximate surface area is 101 Å². The second kappa shape index (κ2) is 6.01. The fourth-order valence-corrected chi connectivity index (χ4v) is 2.50. The molecule has 0 amide bonds. The highest BCUT2D eigenvalue weighted by atomic mass is 32.1. The van der Waals surface area contributed by atoms with E-state index < -0.39 is 0 Å². The number of aryl methyl sites for hydroxylation is 1. The molecule has 1 aliphatic heterocycles. The SMILES string of the molecule is CCc1cnc(CNCC2CCC=CO2)s1. The molecule has 0 fully saturated rings. The molecule has 0 spiro atoms. The smallest absolute Gasteiger partial charge is 0.110 e. The number of nitrogens with zero attached hydrogens (tertiary/aromatic N) is 1. The molecule has 4 heteroatoms. The first-order valence-corrected chi connectivity index (χ1v) is 6.65. The number of hydrogen-bond acceptors (Lipinski definition) is 4. The van der Waals surface area contributed by atoms with Crippen molar-refractivity contribution in [3.63, 3.8) is 0 Å². The van der Waals surface area contributed by atoms with Crippen LogP contribution in [0.1, 0.15) is 29.7 Å². The summed E-state index contributed by atoms with van der Waals surface area (Å²) in [5.74, 6) is 0. The van der Waals surface area contributed by atoms with E-state index in [0.717, 1.165) is 32.4 Å². The number of ether oxygens (including phenoxy) is 1. The lowest BCUT2D eigenvalue weighted by molar-refractivity contribution is 0.122. The molecule has 0 bridgehead atoms. The monoisotopic (exact) mass is 238 g/mol. The third kappa shape index (κ3) is 3.32. The van der Waals surface area contributed by atoms with E-state index in [1.54, 1.807) is 11.3 Å². The highest BCUT2D eigenvalue weighted by Gasteiger charge is 2.10. The molecule has 16 heavy (non-hydrogen) atoms. The van der Waals surface area contributed by atoms with Gasteiger partial charge < -0.3 is 10.1 Å². The highest BCUT2D eigenvalue weighted by molar-refractivity contribution is 7.11. The Balaban J connectivity index is 1.69. The molecular formula is C12H18N2OS. The average Bonchev–Trinajstić information content (AvgIpc) is 2.78. The van der Waals surface area contributed by atoms with E-state index in [0.29, 0.717) is 6.10 Å². The van der Waals surface area contributed by atoms with Gasteiger partial charge >= 0.3 is 0 Å². The van der Waals surface area contributed by atoms with E-state index in [4.69, 9.17) is 4.74 Å². The third-order valence-electron chi connectivity index (χ3n) is 2.62. The Morgan fingerprint density at radius 3 is 3.25 bits per heavy atom. The lowest BCUT2D eigenvalue weighted by atomic mass is 10.1. The van der Waals surface area contributed by atoms with Crippen molar-refractivity contribution < 1.29 is 4.74 Å². The molecule has 1 aromatic heterocycles. The van der Waals surface area contributed by atoms with Crippen LogP contribution in [0.5, 0.6) is 0 Å². The second-order valence-corrected chi connectivity index (χ2v) is 5.11. The predicted molar refractivity (Wildman–Crippen MR) is 66.4 cm³/mol. The Morgan fingerprint density at radius 1 is 1.62 bits per heavy atom. The molecule has 3 nitrogen and oxygen atoms in total. The van der Waals surface area contributed by atoms with E-state index in [2.05, 4.69) is 23.3 Å². The molecule has 2 rings (SSSR count). The summed E-state index contributed by atoms with van der Waals surface area (Å²) in [4.78, 5) is 5.73. The summed E-state index contributed by atoms with van der Waals surface area (Å²) in [5, 5.41) is 4.57. The molecule has 2 heterocycles. The van der Waals surface area contributed by atoms with Crippen LogP contribution in [0.25, 0.3) is 0 Å². The molecule has 88 valence electrons. The normalized spacial score (nSPS) is 19.7. The van der Waals surface area contributed by atoms with E-state index in [9.17, 15) is 0 Å². The van der Waals surface area contributed by atoms with Crippen LogP contribution in [0.3, 0.4) is 0 Å². The van der Waals surface area contributed by atoms with Crippen LogP contribution in [-0.2, 0) is 17.7 Å². The van der Waals surface area contributed by atoms with E-state index >= 15 is 0 Å². The van der Waals surface area contributed by atoms with Crippen LogP contribution < -0.4 is 5.32 Å². The molecule has 1 N–H and O–H groups in total. The van der Waals surface area contributed by atoms with Crippen LogP contribution in [0.4, 0.5) is 0 Å². The van der Waals surface area contributed by atoms with Gasteiger partial charge in [0.1, 0.15) is 11.1 Å². The Hall–Kier alpha value is -0.870. The lowest BCUT2D eigenvalue weighted by Gasteiger charge is -2.19. The largest absolute Gasteiger partial charge is 0.497 e. The minimum Gasteiger partial charge on any atom is -0.497 e. The van der Waals surface area contributed by atoms with Gasteiger partial charge in [0, 0.05) is 24.2 Å². The van der Waals surface area contributed by atoms with Crippen LogP contribution in [0.2, 0.25) is 0 Å². The quantitative estimate of drug-likeness (QED) is 0.855. The zero-order valence-corrected chi connectivity index (χ0v) is 10.4. The van der Waals surface area contributed by atoms with Crippen molar-refractivity contribution in [3.05, 3.63) is 28.4 Å². The standard InChI is InChI=1S/C12H18N2OS/c1-2-11-8-14-12(16-11)9-13-7-10-5-3-4-6-15-10/h4,6,8,10,13H,2-3,5,7,9H2,1H3. The van der Waals surface area contributed by atoms with Crippen molar-refractivity contribution in [2.45, 2.75) is 38.8 Å². The second-order valence-electron chi connectivity index (χ2n) is 3.91. The fourth-order valence-electron chi connectivity index (χ4n) is 1.67. The summed E-state index contributed by atoms with van der Waals surface area (Å²) in [5.41, 5.74) is 0. The number of thiazole rings is 1. The molecule has 0 saturated carbocycles. The molecule has 0 aromatic carbocycles. The maximum absolute atomic E-state index is 5.48. The molecule has 1 unspecified atom stereocenters. The van der Waals surface area contributed by atoms with Gasteiger partial charge in [-0.2, -0.15) is 0 Å². The molecule has 1 aromatic rings. The lowest BCUT2D eigenvalue weighted by Crippen LogP contribution is -2.28. The fraction of sp³-hybridized carbons (Fsp3) is 0.583. The van der Waals surface area contributed by atoms with Gasteiger partial charge in [0.25, 0.3) is 0 Å². The summed E-state index contributed by atoms with van der Waals surface area (Å²) in [7, 11) is 0. The van der Waals surface area contributed by atoms with Crippen molar-refractivity contribution in [1.29, 1.82) is 0 Å². The van der Waals surface area contributed by atoms with Gasteiger partial charge in [-0.1, -0.05) is 6.92 Å². The van der Waals surface area contributed by atoms with E-state index in [-0.39, 0.29) is 0 Å². The highest BCUT2D eigenvalue weighted by Crippen LogP contribution is 2.13. The Bertz CT molecular complexity index is 349. The molecule has 1 aliphatic rings. The number of nitrogens with one attached hydrogen (secondary N) is 1. The van der Waals surface area contributed by atoms with Crippen molar-refractivity contribution in [3.8, 4) is 0 Å². The number of aromatic nitrogens is 1. The number of rotatable bonds is 5. The van der Waals surface area contributed by atoms with Gasteiger partial charge in [0.2, 0.25) is 0 Å². The van der Waals surface area contributed by atoms with Crippen LogP contribution in [0.15, 0.2) is 18.5 Å². The molecule has 1 atom stereocenters. The third-order valence-corrected chi connectivity index (χ3v) is 3.76. The van der Waals surface area contributed by atoms with Crippen LogP contribution >= 0.6 is 11.3 Å². The summed E-state index contributed by atoms with van der Waals surface area (Å²) >= 11 is 1.79. The zero-order chi connectivity index (χ0) is 11.2. The Kier molecular flexibility index (Phi) is 4.36.